The number of carbonyl (C=O) groups excluding carboxylic acids is 1. The van der Waals surface area contributed by atoms with E-state index in [1.54, 1.807) is 0 Å². The number of rotatable bonds is 6. The van der Waals surface area contributed by atoms with E-state index in [-0.39, 0.29) is 52.5 Å². The van der Waals surface area contributed by atoms with Crippen molar-refractivity contribution in [2.24, 2.45) is 11.8 Å². The first-order valence-corrected chi connectivity index (χ1v) is 12.6. The monoisotopic (exact) mass is 517 g/mol. The van der Waals surface area contributed by atoms with Crippen molar-refractivity contribution in [3.05, 3.63) is 58.4 Å². The number of halogens is 4. The van der Waals surface area contributed by atoms with Crippen molar-refractivity contribution in [1.82, 2.24) is 0 Å². The van der Waals surface area contributed by atoms with E-state index < -0.39 is 44.0 Å². The number of methoxy groups -OCH3 is 1. The molecule has 2 N–H and O–H groups in total. The van der Waals surface area contributed by atoms with E-state index in [1.807, 2.05) is 0 Å². The summed E-state index contributed by atoms with van der Waals surface area (Å²) >= 11 is 6.20. The molecule has 1 amide bonds. The van der Waals surface area contributed by atoms with E-state index in [0.29, 0.717) is 25.0 Å². The maximum absolute atomic E-state index is 13.5. The van der Waals surface area contributed by atoms with Crippen molar-refractivity contribution in [1.29, 1.82) is 0 Å². The first-order chi connectivity index (χ1) is 16.0. The molecular formula is C23H23ClF3NO5S. The Hall–Kier alpha value is -2.14. The first kappa shape index (κ1) is 25.0. The van der Waals surface area contributed by atoms with E-state index in [9.17, 15) is 31.5 Å². The van der Waals surface area contributed by atoms with E-state index in [2.05, 4.69) is 5.32 Å². The third-order valence-electron chi connectivity index (χ3n) is 6.93. The van der Waals surface area contributed by atoms with Crippen molar-refractivity contribution in [2.75, 3.05) is 19.0 Å². The molecule has 6 nitrogen and oxygen atoms in total. The second kappa shape index (κ2) is 9.14. The summed E-state index contributed by atoms with van der Waals surface area (Å²) < 4.78 is 72.2. The number of ether oxygens (including phenoxy) is 1. The predicted octanol–water partition coefficient (Wildman–Crippen LogP) is 4.35. The van der Waals surface area contributed by atoms with Crippen LogP contribution in [0.2, 0.25) is 5.02 Å². The van der Waals surface area contributed by atoms with E-state index in [1.165, 1.54) is 19.2 Å². The van der Waals surface area contributed by atoms with Crippen LogP contribution in [0.3, 0.4) is 0 Å². The number of hydrogen-bond acceptors (Lipinski definition) is 5. The van der Waals surface area contributed by atoms with Crippen LogP contribution in [-0.2, 0) is 14.6 Å². The minimum absolute atomic E-state index is 0.0690. The van der Waals surface area contributed by atoms with Gasteiger partial charge in [0.05, 0.1) is 27.4 Å². The van der Waals surface area contributed by atoms with Gasteiger partial charge in [0.25, 0.3) is 5.91 Å². The maximum Gasteiger partial charge on any atom is 0.255 e. The maximum atomic E-state index is 13.5. The van der Waals surface area contributed by atoms with Crippen molar-refractivity contribution in [2.45, 2.75) is 41.4 Å². The first-order valence-electron chi connectivity index (χ1n) is 10.7. The zero-order chi connectivity index (χ0) is 24.8. The minimum Gasteiger partial charge on any atom is -0.387 e. The van der Waals surface area contributed by atoms with Gasteiger partial charge in [0.1, 0.15) is 0 Å². The molecule has 0 aliphatic heterocycles. The van der Waals surface area contributed by atoms with Gasteiger partial charge in [-0.2, -0.15) is 0 Å². The molecule has 0 spiro atoms. The number of fused-ring (bicyclic) bond motifs is 2. The Morgan fingerprint density at radius 2 is 1.74 bits per heavy atom. The van der Waals surface area contributed by atoms with Gasteiger partial charge in [-0.15, -0.1) is 0 Å². The van der Waals surface area contributed by atoms with Crippen molar-refractivity contribution >= 4 is 33.0 Å². The number of anilines is 1. The zero-order valence-corrected chi connectivity index (χ0v) is 19.7. The SMILES string of the molecule is COCC1(O)C2CC[C@@H]1CC(S(=O)(=O)c1cc(C(=O)Nc3cc(F)c(F)c(F)c3)ccc1Cl)C2. The Morgan fingerprint density at radius 1 is 1.15 bits per heavy atom. The van der Waals surface area contributed by atoms with Crippen LogP contribution < -0.4 is 5.32 Å². The molecule has 11 heteroatoms. The number of benzene rings is 2. The third-order valence-corrected chi connectivity index (χ3v) is 9.58. The fourth-order valence-electron chi connectivity index (χ4n) is 5.20. The second-order valence-corrected chi connectivity index (χ2v) is 11.5. The number of nitrogens with one attached hydrogen (secondary N) is 1. The molecule has 2 aliphatic carbocycles. The number of carbonyl (C=O) groups is 1. The summed E-state index contributed by atoms with van der Waals surface area (Å²) in [6, 6.07) is 4.87. The Labute approximate surface area is 200 Å². The minimum atomic E-state index is -3.97. The van der Waals surface area contributed by atoms with Gasteiger partial charge in [-0.1, -0.05) is 11.6 Å². The Balaban J connectivity index is 1.59. The lowest BCUT2D eigenvalue weighted by molar-refractivity contribution is -0.104. The lowest BCUT2D eigenvalue weighted by Gasteiger charge is -2.42. The Bertz CT molecular complexity index is 1200. The molecule has 0 saturated heterocycles. The fraction of sp³-hybridized carbons (Fsp3) is 0.435. The van der Waals surface area contributed by atoms with Crippen LogP contribution in [0, 0.1) is 29.3 Å². The number of aliphatic hydroxyl groups is 1. The van der Waals surface area contributed by atoms with Gasteiger partial charge in [0, 0.05) is 30.5 Å². The molecule has 2 bridgehead atoms. The average Bonchev–Trinajstić information content (AvgIpc) is 2.93. The predicted molar refractivity (Wildman–Crippen MR) is 119 cm³/mol. The highest BCUT2D eigenvalue weighted by Gasteiger charge is 2.55. The van der Waals surface area contributed by atoms with Crippen LogP contribution in [0.1, 0.15) is 36.0 Å². The van der Waals surface area contributed by atoms with Gasteiger partial charge < -0.3 is 15.2 Å². The van der Waals surface area contributed by atoms with Crippen LogP contribution in [0.5, 0.6) is 0 Å². The van der Waals surface area contributed by atoms with Gasteiger partial charge >= 0.3 is 0 Å². The van der Waals surface area contributed by atoms with Crippen molar-refractivity contribution < 1.29 is 36.2 Å². The summed E-state index contributed by atoms with van der Waals surface area (Å²) in [5.41, 5.74) is -1.50. The largest absolute Gasteiger partial charge is 0.387 e. The molecule has 2 saturated carbocycles. The summed E-state index contributed by atoms with van der Waals surface area (Å²) in [7, 11) is -2.47. The molecular weight excluding hydrogens is 495 g/mol. The summed E-state index contributed by atoms with van der Waals surface area (Å²) in [5.74, 6) is -5.95. The van der Waals surface area contributed by atoms with E-state index >= 15 is 0 Å². The molecule has 2 aromatic carbocycles. The van der Waals surface area contributed by atoms with E-state index in [0.717, 1.165) is 6.07 Å². The number of amides is 1. The summed E-state index contributed by atoms with van der Waals surface area (Å²) in [4.78, 5) is 12.4. The molecule has 2 aliphatic rings. The summed E-state index contributed by atoms with van der Waals surface area (Å²) in [6.45, 7) is 0.135. The standard InChI is InChI=1S/C23H23ClF3NO5S/c1-33-11-23(30)13-3-4-14(23)8-16(7-13)34(31,32)20-6-12(2-5-17(20)24)22(29)28-15-9-18(25)21(27)19(26)10-15/h2,5-6,9-10,13-14,16,30H,3-4,7-8,11H2,1H3,(H,28,29)/t13-,14?,16?,23?/m1/s1. The van der Waals surface area contributed by atoms with Gasteiger partial charge in [-0.25, -0.2) is 21.6 Å². The molecule has 0 radical (unpaired) electrons. The average molecular weight is 518 g/mol. The molecule has 4 rings (SSSR count). The van der Waals surface area contributed by atoms with Crippen LogP contribution in [0.25, 0.3) is 0 Å². The highest BCUT2D eigenvalue weighted by atomic mass is 35.5. The highest BCUT2D eigenvalue weighted by molar-refractivity contribution is 7.92. The molecule has 184 valence electrons. The van der Waals surface area contributed by atoms with Gasteiger partial charge in [-0.3, -0.25) is 4.79 Å². The molecule has 34 heavy (non-hydrogen) atoms. The Kier molecular flexibility index (Phi) is 6.71. The fourth-order valence-corrected chi connectivity index (χ4v) is 7.61. The third kappa shape index (κ3) is 4.32. The van der Waals surface area contributed by atoms with E-state index in [4.69, 9.17) is 16.3 Å². The quantitative estimate of drug-likeness (QED) is 0.556. The normalized spacial score (nSPS) is 26.5. The lowest BCUT2D eigenvalue weighted by Crippen LogP contribution is -2.51. The summed E-state index contributed by atoms with van der Waals surface area (Å²) in [5, 5.41) is 12.4. The number of sulfone groups is 1. The highest BCUT2D eigenvalue weighted by Crippen LogP contribution is 2.52. The summed E-state index contributed by atoms with van der Waals surface area (Å²) in [6.07, 6.45) is 1.86. The topological polar surface area (TPSA) is 92.7 Å². The lowest BCUT2D eigenvalue weighted by atomic mass is 9.75. The smallest absolute Gasteiger partial charge is 0.255 e. The molecule has 0 aromatic heterocycles. The van der Waals surface area contributed by atoms with Crippen molar-refractivity contribution in [3.63, 3.8) is 0 Å². The van der Waals surface area contributed by atoms with Crippen molar-refractivity contribution in [3.8, 4) is 0 Å². The Morgan fingerprint density at radius 3 is 2.29 bits per heavy atom. The van der Waals surface area contributed by atoms with Crippen LogP contribution in [0.4, 0.5) is 18.9 Å². The van der Waals surface area contributed by atoms with Gasteiger partial charge in [0.15, 0.2) is 27.3 Å². The molecule has 2 aromatic rings. The van der Waals surface area contributed by atoms with Gasteiger partial charge in [-0.05, 0) is 55.7 Å². The second-order valence-electron chi connectivity index (χ2n) is 8.89. The molecule has 0 heterocycles. The van der Waals surface area contributed by atoms with Gasteiger partial charge in [0.2, 0.25) is 0 Å². The zero-order valence-electron chi connectivity index (χ0n) is 18.2. The number of hydrogen-bond donors (Lipinski definition) is 2. The molecule has 4 atom stereocenters. The van der Waals surface area contributed by atoms with Crippen LogP contribution in [-0.4, -0.2) is 44.0 Å². The molecule has 3 unspecified atom stereocenters. The van der Waals surface area contributed by atoms with Crippen LogP contribution >= 0.6 is 11.6 Å². The molecule has 2 fully saturated rings. The van der Waals surface area contributed by atoms with Crippen LogP contribution in [0.15, 0.2) is 35.2 Å².